The fraction of sp³-hybridized carbons (Fsp3) is 0.435. The van der Waals surface area contributed by atoms with Crippen LogP contribution in [0.4, 0.5) is 0 Å². The molecule has 1 aromatic heterocycles. The average molecular weight is 409 g/mol. The van der Waals surface area contributed by atoms with Gasteiger partial charge >= 0.3 is 0 Å². The van der Waals surface area contributed by atoms with Crippen molar-refractivity contribution in [1.29, 1.82) is 0 Å². The molecule has 2 aliphatic rings. The number of likely N-dealkylation sites (tertiary alicyclic amines) is 1. The third-order valence-corrected chi connectivity index (χ3v) is 6.03. The summed E-state index contributed by atoms with van der Waals surface area (Å²) in [5, 5.41) is 3.09. The van der Waals surface area contributed by atoms with Crippen LogP contribution in [0.1, 0.15) is 44.4 Å². The van der Waals surface area contributed by atoms with E-state index >= 15 is 0 Å². The van der Waals surface area contributed by atoms with Gasteiger partial charge in [-0.05, 0) is 44.2 Å². The van der Waals surface area contributed by atoms with Gasteiger partial charge in [-0.25, -0.2) is 4.68 Å². The number of piperidine rings is 1. The molecule has 158 valence electrons. The zero-order valence-electron chi connectivity index (χ0n) is 17.8. The van der Waals surface area contributed by atoms with Gasteiger partial charge < -0.3 is 4.90 Å². The van der Waals surface area contributed by atoms with Gasteiger partial charge in [0.05, 0.1) is 16.8 Å². The zero-order valence-corrected chi connectivity index (χ0v) is 17.8. The maximum atomic E-state index is 13.4. The number of hydrogen-bond donors (Lipinski definition) is 1. The van der Waals surface area contributed by atoms with Crippen LogP contribution >= 0.6 is 0 Å². The Balaban J connectivity index is 1.87. The number of para-hydroxylation sites is 1. The Kier molecular flexibility index (Phi) is 5.37. The van der Waals surface area contributed by atoms with Crippen LogP contribution in [-0.4, -0.2) is 51.0 Å². The normalized spacial score (nSPS) is 18.1. The SMILES string of the molecule is CCCN1C(=O)C(c2c(C)[nH]n(-c3ccccc3)c2=O)=C(N2CCC(C)CC2)C1=O. The standard InChI is InChI=1S/C23H28N4O3/c1-4-12-26-21(28)19(20(23(26)30)25-13-10-15(2)11-14-25)18-16(3)24-27(22(18)29)17-8-6-5-7-9-17/h5-9,15,24H,4,10-14H2,1-3H3. The highest BCUT2D eigenvalue weighted by Gasteiger charge is 2.43. The number of carbonyl (C=O) groups excluding carboxylic acids is 2. The molecule has 0 unspecified atom stereocenters. The number of benzene rings is 1. The van der Waals surface area contributed by atoms with Crippen molar-refractivity contribution < 1.29 is 9.59 Å². The lowest BCUT2D eigenvalue weighted by Gasteiger charge is -2.32. The fourth-order valence-corrected chi connectivity index (χ4v) is 4.34. The van der Waals surface area contributed by atoms with E-state index in [0.717, 1.165) is 25.9 Å². The summed E-state index contributed by atoms with van der Waals surface area (Å²) in [6.07, 6.45) is 2.61. The van der Waals surface area contributed by atoms with Gasteiger partial charge in [0.1, 0.15) is 5.70 Å². The van der Waals surface area contributed by atoms with Crippen LogP contribution in [0.15, 0.2) is 40.8 Å². The van der Waals surface area contributed by atoms with E-state index in [1.165, 1.54) is 9.58 Å². The average Bonchev–Trinajstić information content (AvgIpc) is 3.16. The number of aryl methyl sites for hydroxylation is 1. The fourth-order valence-electron chi connectivity index (χ4n) is 4.34. The summed E-state index contributed by atoms with van der Waals surface area (Å²) in [5.74, 6) is -0.0545. The molecule has 1 N–H and O–H groups in total. The van der Waals surface area contributed by atoms with Gasteiger partial charge in [0.2, 0.25) is 0 Å². The van der Waals surface area contributed by atoms with Crippen molar-refractivity contribution in [3.63, 3.8) is 0 Å². The Morgan fingerprint density at radius 2 is 1.70 bits per heavy atom. The quantitative estimate of drug-likeness (QED) is 0.772. The lowest BCUT2D eigenvalue weighted by molar-refractivity contribution is -0.137. The molecule has 4 rings (SSSR count). The number of aromatic amines is 1. The first-order valence-corrected chi connectivity index (χ1v) is 10.7. The van der Waals surface area contributed by atoms with Crippen LogP contribution in [0.5, 0.6) is 0 Å². The molecule has 1 fully saturated rings. The molecular weight excluding hydrogens is 380 g/mol. The molecule has 1 aromatic carbocycles. The lowest BCUT2D eigenvalue weighted by atomic mass is 9.97. The summed E-state index contributed by atoms with van der Waals surface area (Å²) in [6.45, 7) is 7.70. The Morgan fingerprint density at radius 3 is 2.33 bits per heavy atom. The number of H-pyrrole nitrogens is 1. The first kappa shape index (κ1) is 20.2. The van der Waals surface area contributed by atoms with Crippen LogP contribution in [0.3, 0.4) is 0 Å². The van der Waals surface area contributed by atoms with E-state index in [1.54, 1.807) is 6.92 Å². The summed E-state index contributed by atoms with van der Waals surface area (Å²) in [5.41, 5.74) is 1.89. The van der Waals surface area contributed by atoms with Gasteiger partial charge in [0.25, 0.3) is 17.4 Å². The number of nitrogens with zero attached hydrogens (tertiary/aromatic N) is 3. The van der Waals surface area contributed by atoms with Crippen LogP contribution in [0, 0.1) is 12.8 Å². The Bertz CT molecular complexity index is 1060. The van der Waals surface area contributed by atoms with Gasteiger partial charge in [-0.2, -0.15) is 0 Å². The molecule has 0 spiro atoms. The second kappa shape index (κ2) is 7.97. The van der Waals surface area contributed by atoms with E-state index in [1.807, 2.05) is 42.2 Å². The van der Waals surface area contributed by atoms with Crippen LogP contribution in [0.2, 0.25) is 0 Å². The van der Waals surface area contributed by atoms with Crippen LogP contribution < -0.4 is 5.56 Å². The Hall–Kier alpha value is -3.09. The number of carbonyl (C=O) groups is 2. The summed E-state index contributed by atoms with van der Waals surface area (Å²) >= 11 is 0. The number of aromatic nitrogens is 2. The molecule has 0 bridgehead atoms. The molecule has 2 aromatic rings. The first-order valence-electron chi connectivity index (χ1n) is 10.7. The predicted molar refractivity (Wildman–Crippen MR) is 115 cm³/mol. The van der Waals surface area contributed by atoms with E-state index in [0.29, 0.717) is 41.5 Å². The smallest absolute Gasteiger partial charge is 0.279 e. The van der Waals surface area contributed by atoms with Crippen molar-refractivity contribution in [3.05, 3.63) is 57.6 Å². The largest absolute Gasteiger partial charge is 0.366 e. The lowest BCUT2D eigenvalue weighted by Crippen LogP contribution is -2.38. The minimum atomic E-state index is -0.366. The number of hydrogen-bond acceptors (Lipinski definition) is 4. The highest BCUT2D eigenvalue weighted by Crippen LogP contribution is 2.34. The van der Waals surface area contributed by atoms with Crippen molar-refractivity contribution in [3.8, 4) is 5.69 Å². The number of imide groups is 1. The zero-order chi connectivity index (χ0) is 21.4. The van der Waals surface area contributed by atoms with Crippen molar-refractivity contribution in [2.75, 3.05) is 19.6 Å². The summed E-state index contributed by atoms with van der Waals surface area (Å²) in [6, 6.07) is 9.24. The van der Waals surface area contributed by atoms with E-state index < -0.39 is 0 Å². The molecule has 2 amide bonds. The highest BCUT2D eigenvalue weighted by molar-refractivity contribution is 6.35. The number of nitrogens with one attached hydrogen (secondary N) is 1. The number of amides is 2. The molecule has 3 heterocycles. The maximum absolute atomic E-state index is 13.4. The van der Waals surface area contributed by atoms with E-state index in [4.69, 9.17) is 0 Å². The van der Waals surface area contributed by atoms with Crippen molar-refractivity contribution >= 4 is 17.4 Å². The minimum absolute atomic E-state index is 0.247. The number of rotatable bonds is 5. The van der Waals surface area contributed by atoms with Crippen molar-refractivity contribution in [2.24, 2.45) is 5.92 Å². The van der Waals surface area contributed by atoms with Gasteiger partial charge in [-0.15, -0.1) is 0 Å². The summed E-state index contributed by atoms with van der Waals surface area (Å²) in [7, 11) is 0. The molecule has 0 atom stereocenters. The summed E-state index contributed by atoms with van der Waals surface area (Å²) in [4.78, 5) is 43.3. The van der Waals surface area contributed by atoms with Gasteiger partial charge in [0, 0.05) is 25.3 Å². The third-order valence-electron chi connectivity index (χ3n) is 6.03. The molecule has 7 nitrogen and oxygen atoms in total. The molecule has 7 heteroatoms. The van der Waals surface area contributed by atoms with Crippen molar-refractivity contribution in [1.82, 2.24) is 19.6 Å². The topological polar surface area (TPSA) is 78.4 Å². The Labute approximate surface area is 176 Å². The second-order valence-electron chi connectivity index (χ2n) is 8.24. The molecule has 1 saturated heterocycles. The van der Waals surface area contributed by atoms with Crippen molar-refractivity contribution in [2.45, 2.75) is 40.0 Å². The predicted octanol–water partition coefficient (Wildman–Crippen LogP) is 2.70. The third kappa shape index (κ3) is 3.28. The second-order valence-corrected chi connectivity index (χ2v) is 8.24. The first-order chi connectivity index (χ1) is 14.4. The molecule has 0 radical (unpaired) electrons. The molecule has 0 aliphatic carbocycles. The molecular formula is C23H28N4O3. The van der Waals surface area contributed by atoms with E-state index in [9.17, 15) is 14.4 Å². The Morgan fingerprint density at radius 1 is 1.03 bits per heavy atom. The molecule has 2 aliphatic heterocycles. The maximum Gasteiger partial charge on any atom is 0.279 e. The highest BCUT2D eigenvalue weighted by atomic mass is 16.2. The molecule has 0 saturated carbocycles. The monoisotopic (exact) mass is 408 g/mol. The van der Waals surface area contributed by atoms with Gasteiger partial charge in [-0.3, -0.25) is 24.4 Å². The summed E-state index contributed by atoms with van der Waals surface area (Å²) < 4.78 is 1.44. The van der Waals surface area contributed by atoms with E-state index in [2.05, 4.69) is 12.0 Å². The van der Waals surface area contributed by atoms with Gasteiger partial charge in [-0.1, -0.05) is 32.0 Å². The minimum Gasteiger partial charge on any atom is -0.366 e. The van der Waals surface area contributed by atoms with E-state index in [-0.39, 0.29) is 22.9 Å². The van der Waals surface area contributed by atoms with Gasteiger partial charge in [0.15, 0.2) is 0 Å². The van der Waals surface area contributed by atoms with Crippen LogP contribution in [0.25, 0.3) is 11.3 Å². The molecule has 30 heavy (non-hydrogen) atoms. The van der Waals surface area contributed by atoms with Crippen LogP contribution in [-0.2, 0) is 9.59 Å².